The molecule has 1 atom stereocenters. The Morgan fingerprint density at radius 3 is 2.79 bits per heavy atom. The summed E-state index contributed by atoms with van der Waals surface area (Å²) in [5.41, 5.74) is 17.7. The zero-order valence-electron chi connectivity index (χ0n) is 15.3. The summed E-state index contributed by atoms with van der Waals surface area (Å²) in [6.45, 7) is 1.95. The number of guanidine groups is 1. The number of nitrogens with one attached hydrogen (secondary N) is 4. The molecular formula is C20H21N7O. The molecule has 1 amide bonds. The number of H-pyrrole nitrogens is 2. The van der Waals surface area contributed by atoms with Crippen LogP contribution in [0.4, 0.5) is 5.69 Å². The minimum atomic E-state index is -0.196. The third-order valence-corrected chi connectivity index (χ3v) is 4.62. The number of hydrogen-bond acceptors (Lipinski definition) is 3. The summed E-state index contributed by atoms with van der Waals surface area (Å²) in [6.07, 6.45) is 1.85. The lowest BCUT2D eigenvalue weighted by Crippen LogP contribution is -2.27. The molecule has 0 bridgehead atoms. The highest BCUT2D eigenvalue weighted by Gasteiger charge is 2.13. The van der Waals surface area contributed by atoms with Gasteiger partial charge in [0.1, 0.15) is 5.69 Å². The number of aromatic amines is 2. The van der Waals surface area contributed by atoms with Crippen LogP contribution in [0, 0.1) is 0 Å². The Labute approximate surface area is 161 Å². The second-order valence-corrected chi connectivity index (χ2v) is 6.62. The highest BCUT2D eigenvalue weighted by Crippen LogP contribution is 2.24. The number of anilines is 1. The zero-order chi connectivity index (χ0) is 19.7. The summed E-state index contributed by atoms with van der Waals surface area (Å²) in [6, 6.07) is 15.3. The van der Waals surface area contributed by atoms with Crippen LogP contribution in [-0.4, -0.2) is 21.8 Å². The quantitative estimate of drug-likeness (QED) is 0.181. The lowest BCUT2D eigenvalue weighted by molar-refractivity contribution is 0.102. The number of rotatable bonds is 5. The van der Waals surface area contributed by atoms with Crippen molar-refractivity contribution in [2.75, 3.05) is 5.32 Å². The molecule has 28 heavy (non-hydrogen) atoms. The number of nitrogens with zero attached hydrogens (tertiary/aromatic N) is 1. The number of hydrogen-bond donors (Lipinski definition) is 6. The SMILES string of the molecule is CC(NN=C(N)N)c1ccc2[nH]c(C(=O)Nc3cccc4[nH]ccc34)cc2c1. The van der Waals surface area contributed by atoms with E-state index < -0.39 is 0 Å². The molecule has 2 heterocycles. The van der Waals surface area contributed by atoms with Gasteiger partial charge in [0.15, 0.2) is 0 Å². The van der Waals surface area contributed by atoms with Crippen molar-refractivity contribution in [3.63, 3.8) is 0 Å². The van der Waals surface area contributed by atoms with Crippen LogP contribution < -0.4 is 22.2 Å². The van der Waals surface area contributed by atoms with Crippen molar-refractivity contribution in [2.45, 2.75) is 13.0 Å². The average molecular weight is 375 g/mol. The van der Waals surface area contributed by atoms with Crippen LogP contribution in [0.1, 0.15) is 29.0 Å². The van der Waals surface area contributed by atoms with E-state index in [4.69, 9.17) is 11.5 Å². The molecule has 0 spiro atoms. The molecular weight excluding hydrogens is 354 g/mol. The predicted molar refractivity (Wildman–Crippen MR) is 112 cm³/mol. The number of amides is 1. The van der Waals surface area contributed by atoms with Crippen LogP contribution in [0.3, 0.4) is 0 Å². The van der Waals surface area contributed by atoms with E-state index in [1.165, 1.54) is 0 Å². The number of carbonyl (C=O) groups is 1. The Kier molecular flexibility index (Phi) is 4.36. The standard InChI is InChI=1S/C20H21N7O/c1-11(26-27-20(21)22)12-5-6-15-13(9-12)10-18(24-15)19(28)25-17-4-2-3-16-14(17)7-8-23-16/h2-11,23-24,26H,1H3,(H,25,28)(H4,21,22,27). The molecule has 0 saturated carbocycles. The normalized spacial score (nSPS) is 12.0. The summed E-state index contributed by atoms with van der Waals surface area (Å²) in [7, 11) is 0. The highest BCUT2D eigenvalue weighted by molar-refractivity contribution is 6.09. The van der Waals surface area contributed by atoms with E-state index in [1.807, 2.05) is 61.7 Å². The first-order chi connectivity index (χ1) is 13.5. The summed E-state index contributed by atoms with van der Waals surface area (Å²) >= 11 is 0. The van der Waals surface area contributed by atoms with Gasteiger partial charge in [0, 0.05) is 28.0 Å². The van der Waals surface area contributed by atoms with Gasteiger partial charge in [-0.1, -0.05) is 12.1 Å². The molecule has 0 radical (unpaired) electrons. The first-order valence-corrected chi connectivity index (χ1v) is 8.85. The van der Waals surface area contributed by atoms with Crippen LogP contribution in [-0.2, 0) is 0 Å². The molecule has 142 valence electrons. The molecule has 4 rings (SSSR count). The Morgan fingerprint density at radius 2 is 1.96 bits per heavy atom. The van der Waals surface area contributed by atoms with Gasteiger partial charge in [-0.25, -0.2) is 0 Å². The first kappa shape index (κ1) is 17.5. The molecule has 0 saturated heterocycles. The lowest BCUT2D eigenvalue weighted by atomic mass is 10.1. The van der Waals surface area contributed by atoms with Crippen molar-refractivity contribution in [2.24, 2.45) is 16.6 Å². The topological polar surface area (TPSA) is 137 Å². The van der Waals surface area contributed by atoms with Crippen LogP contribution in [0.15, 0.2) is 59.8 Å². The second kappa shape index (κ2) is 6.99. The number of fused-ring (bicyclic) bond motifs is 2. The fourth-order valence-electron chi connectivity index (χ4n) is 3.17. The number of hydrazone groups is 1. The fourth-order valence-corrected chi connectivity index (χ4v) is 3.17. The minimum Gasteiger partial charge on any atom is -0.369 e. The highest BCUT2D eigenvalue weighted by atomic mass is 16.1. The third kappa shape index (κ3) is 3.35. The van der Waals surface area contributed by atoms with Gasteiger partial charge in [0.05, 0.1) is 11.7 Å². The second-order valence-electron chi connectivity index (χ2n) is 6.62. The minimum absolute atomic E-state index is 0.0222. The average Bonchev–Trinajstić information content (AvgIpc) is 3.32. The molecule has 1 unspecified atom stereocenters. The van der Waals surface area contributed by atoms with E-state index in [0.29, 0.717) is 5.69 Å². The molecule has 0 aliphatic heterocycles. The Bertz CT molecular complexity index is 1180. The first-order valence-electron chi connectivity index (χ1n) is 8.85. The van der Waals surface area contributed by atoms with E-state index in [2.05, 4.69) is 25.8 Å². The van der Waals surface area contributed by atoms with E-state index in [1.54, 1.807) is 0 Å². The summed E-state index contributed by atoms with van der Waals surface area (Å²) < 4.78 is 0. The van der Waals surface area contributed by atoms with Crippen LogP contribution in [0.25, 0.3) is 21.8 Å². The summed E-state index contributed by atoms with van der Waals surface area (Å²) in [4.78, 5) is 19.0. The smallest absolute Gasteiger partial charge is 0.272 e. The third-order valence-electron chi connectivity index (χ3n) is 4.62. The van der Waals surface area contributed by atoms with E-state index in [-0.39, 0.29) is 17.9 Å². The molecule has 0 aliphatic rings. The Hall–Kier alpha value is -3.94. The monoisotopic (exact) mass is 375 g/mol. The lowest BCUT2D eigenvalue weighted by Gasteiger charge is -2.11. The van der Waals surface area contributed by atoms with Crippen LogP contribution >= 0.6 is 0 Å². The van der Waals surface area contributed by atoms with Crippen molar-refractivity contribution in [1.82, 2.24) is 15.4 Å². The van der Waals surface area contributed by atoms with Gasteiger partial charge in [-0.3, -0.25) is 10.2 Å². The van der Waals surface area contributed by atoms with Crippen LogP contribution in [0.2, 0.25) is 0 Å². The largest absolute Gasteiger partial charge is 0.369 e. The van der Waals surface area contributed by atoms with Crippen molar-refractivity contribution in [3.8, 4) is 0 Å². The fraction of sp³-hybridized carbons (Fsp3) is 0.100. The number of nitrogens with two attached hydrogens (primary N) is 2. The van der Waals surface area contributed by atoms with E-state index >= 15 is 0 Å². The zero-order valence-corrected chi connectivity index (χ0v) is 15.3. The van der Waals surface area contributed by atoms with Gasteiger partial charge in [0.2, 0.25) is 5.96 Å². The van der Waals surface area contributed by atoms with Crippen molar-refractivity contribution in [3.05, 3.63) is 66.0 Å². The maximum absolute atomic E-state index is 12.7. The number of benzene rings is 2. The van der Waals surface area contributed by atoms with Gasteiger partial charge in [-0.15, -0.1) is 5.10 Å². The molecule has 2 aromatic carbocycles. The predicted octanol–water partition coefficient (Wildman–Crippen LogP) is 2.74. The van der Waals surface area contributed by atoms with Gasteiger partial charge >= 0.3 is 0 Å². The van der Waals surface area contributed by atoms with Crippen molar-refractivity contribution < 1.29 is 4.79 Å². The van der Waals surface area contributed by atoms with Gasteiger partial charge in [0.25, 0.3) is 5.91 Å². The van der Waals surface area contributed by atoms with Gasteiger partial charge in [-0.05, 0) is 48.9 Å². The van der Waals surface area contributed by atoms with Crippen molar-refractivity contribution in [1.29, 1.82) is 0 Å². The van der Waals surface area contributed by atoms with Crippen molar-refractivity contribution >= 4 is 39.4 Å². The molecule has 2 aromatic heterocycles. The summed E-state index contributed by atoms with van der Waals surface area (Å²) in [5.74, 6) is -0.218. The van der Waals surface area contributed by atoms with E-state index in [0.717, 1.165) is 33.1 Å². The molecule has 0 aliphatic carbocycles. The number of carbonyl (C=O) groups excluding carboxylic acids is 1. The number of aromatic nitrogens is 2. The van der Waals surface area contributed by atoms with Crippen LogP contribution in [0.5, 0.6) is 0 Å². The van der Waals surface area contributed by atoms with E-state index in [9.17, 15) is 4.79 Å². The summed E-state index contributed by atoms with van der Waals surface area (Å²) in [5, 5.41) is 8.70. The Balaban J connectivity index is 1.58. The van der Waals surface area contributed by atoms with Gasteiger partial charge < -0.3 is 26.8 Å². The maximum Gasteiger partial charge on any atom is 0.272 e. The molecule has 8 heteroatoms. The molecule has 8 nitrogen and oxygen atoms in total. The maximum atomic E-state index is 12.7. The van der Waals surface area contributed by atoms with Gasteiger partial charge in [-0.2, -0.15) is 0 Å². The molecule has 4 aromatic rings. The molecule has 8 N–H and O–H groups in total. The molecule has 0 fully saturated rings. The Morgan fingerprint density at radius 1 is 1.11 bits per heavy atom.